The summed E-state index contributed by atoms with van der Waals surface area (Å²) < 4.78 is 0. The lowest BCUT2D eigenvalue weighted by molar-refractivity contribution is 0.458. The van der Waals surface area contributed by atoms with Crippen LogP contribution in [-0.4, -0.2) is 28.5 Å². The molecule has 4 N–H and O–H groups in total. The Hall–Kier alpha value is -1.36. The van der Waals surface area contributed by atoms with E-state index in [1.165, 1.54) is 113 Å². The molecular formula is C24H39N4Si. The van der Waals surface area contributed by atoms with Crippen LogP contribution in [0.25, 0.3) is 0 Å². The Morgan fingerprint density at radius 1 is 0.517 bits per heavy atom. The zero-order valence-corrected chi connectivity index (χ0v) is 19.0. The number of rotatable bonds is 7. The van der Waals surface area contributed by atoms with E-state index >= 15 is 0 Å². The highest BCUT2D eigenvalue weighted by Crippen LogP contribution is 2.41. The minimum Gasteiger partial charge on any atom is -0.411 e. The molecule has 4 nitrogen and oxygen atoms in total. The van der Waals surface area contributed by atoms with Crippen molar-refractivity contribution in [2.45, 2.75) is 114 Å². The summed E-state index contributed by atoms with van der Waals surface area (Å²) in [6.07, 6.45) is 20.0. The average Bonchev–Trinajstić information content (AvgIpc) is 2.78. The van der Waals surface area contributed by atoms with E-state index in [4.69, 9.17) is 0 Å². The smallest absolute Gasteiger partial charge is 0.186 e. The van der Waals surface area contributed by atoms with E-state index in [0.29, 0.717) is 18.1 Å². The zero-order chi connectivity index (χ0) is 19.9. The summed E-state index contributed by atoms with van der Waals surface area (Å²) in [5.41, 5.74) is 4.96. The Bertz CT molecular complexity index is 632. The van der Waals surface area contributed by atoms with Gasteiger partial charge in [-0.3, -0.25) is 0 Å². The van der Waals surface area contributed by atoms with Crippen LogP contribution in [-0.2, 0) is 0 Å². The number of hydrogen-bond acceptors (Lipinski definition) is 4. The van der Waals surface area contributed by atoms with Gasteiger partial charge in [-0.15, -0.1) is 0 Å². The second-order valence-electron chi connectivity index (χ2n) is 9.47. The largest absolute Gasteiger partial charge is 0.411 e. The van der Waals surface area contributed by atoms with Crippen LogP contribution in [0.3, 0.4) is 0 Å². The number of benzene rings is 1. The van der Waals surface area contributed by atoms with Crippen LogP contribution in [0.5, 0.6) is 0 Å². The molecule has 4 rings (SSSR count). The molecule has 0 aromatic heterocycles. The molecule has 1 aromatic carbocycles. The summed E-state index contributed by atoms with van der Waals surface area (Å²) in [4.78, 5) is 3.27. The minimum absolute atomic E-state index is 0.583. The van der Waals surface area contributed by atoms with Gasteiger partial charge in [0.25, 0.3) is 0 Å². The number of nitrogens with one attached hydrogen (secondary N) is 4. The molecule has 3 aliphatic rings. The Balaban J connectivity index is 1.61. The molecule has 0 aliphatic heterocycles. The topological polar surface area (TPSA) is 48.1 Å². The molecule has 5 heteroatoms. The highest BCUT2D eigenvalue weighted by atomic mass is 28.2. The number of hydrogen-bond donors (Lipinski definition) is 4. The molecule has 159 valence electrons. The second-order valence-corrected chi connectivity index (χ2v) is 9.72. The SMILES string of the molecule is [Si]Nc1ccc(NC2CCCCC2)c(NC2CCCCC2)c1NC1CCCCC1. The van der Waals surface area contributed by atoms with Gasteiger partial charge in [0, 0.05) is 18.1 Å². The molecule has 1 aromatic rings. The van der Waals surface area contributed by atoms with Gasteiger partial charge in [-0.2, -0.15) is 0 Å². The van der Waals surface area contributed by atoms with Gasteiger partial charge < -0.3 is 20.9 Å². The Morgan fingerprint density at radius 2 is 0.897 bits per heavy atom. The van der Waals surface area contributed by atoms with Gasteiger partial charge in [0.2, 0.25) is 0 Å². The lowest BCUT2D eigenvalue weighted by Gasteiger charge is -2.32. The molecule has 0 unspecified atom stereocenters. The zero-order valence-electron chi connectivity index (χ0n) is 18.0. The fourth-order valence-electron chi connectivity index (χ4n) is 5.50. The van der Waals surface area contributed by atoms with E-state index in [1.54, 1.807) is 0 Å². The Kier molecular flexibility index (Phi) is 7.64. The van der Waals surface area contributed by atoms with Crippen molar-refractivity contribution in [1.29, 1.82) is 0 Å². The standard InChI is InChI=1S/C24H39N4Si/c29-28-22-17-16-21(25-18-10-4-1-5-11-18)23(26-19-12-6-2-7-13-19)24(22)27-20-14-8-3-9-15-20/h16-20,25-28H,1-15H2. The van der Waals surface area contributed by atoms with Gasteiger partial charge in [-0.1, -0.05) is 57.8 Å². The van der Waals surface area contributed by atoms with Gasteiger partial charge in [0.1, 0.15) is 0 Å². The van der Waals surface area contributed by atoms with Gasteiger partial charge in [0.15, 0.2) is 10.4 Å². The van der Waals surface area contributed by atoms with Gasteiger partial charge >= 0.3 is 0 Å². The predicted octanol–water partition coefficient (Wildman–Crippen LogP) is 6.42. The van der Waals surface area contributed by atoms with Crippen LogP contribution >= 0.6 is 0 Å². The third-order valence-corrected chi connectivity index (χ3v) is 7.48. The van der Waals surface area contributed by atoms with Crippen molar-refractivity contribution in [2.24, 2.45) is 0 Å². The first-order valence-corrected chi connectivity index (χ1v) is 12.7. The van der Waals surface area contributed by atoms with E-state index < -0.39 is 0 Å². The van der Waals surface area contributed by atoms with E-state index in [0.717, 1.165) is 5.69 Å². The van der Waals surface area contributed by atoms with E-state index in [-0.39, 0.29) is 0 Å². The summed E-state index contributed by atoms with van der Waals surface area (Å²) >= 11 is 0. The maximum Gasteiger partial charge on any atom is 0.186 e. The first-order chi connectivity index (χ1) is 14.3. The monoisotopic (exact) mass is 411 g/mol. The van der Waals surface area contributed by atoms with E-state index in [2.05, 4.69) is 43.5 Å². The average molecular weight is 412 g/mol. The molecule has 0 spiro atoms. The minimum atomic E-state index is 0.583. The van der Waals surface area contributed by atoms with Crippen molar-refractivity contribution < 1.29 is 0 Å². The molecule has 3 fully saturated rings. The predicted molar refractivity (Wildman–Crippen MR) is 127 cm³/mol. The summed E-state index contributed by atoms with van der Waals surface area (Å²) in [6.45, 7) is 0. The van der Waals surface area contributed by atoms with Crippen LogP contribution in [0.2, 0.25) is 0 Å². The second kappa shape index (κ2) is 10.6. The summed E-state index contributed by atoms with van der Waals surface area (Å²) in [5.74, 6) is 0. The van der Waals surface area contributed by atoms with Crippen LogP contribution < -0.4 is 20.9 Å². The number of anilines is 4. The first-order valence-electron chi connectivity index (χ1n) is 12.2. The molecular weight excluding hydrogens is 372 g/mol. The maximum atomic E-state index is 3.99. The Morgan fingerprint density at radius 3 is 1.34 bits per heavy atom. The molecule has 0 saturated heterocycles. The quantitative estimate of drug-likeness (QED) is 0.391. The molecule has 0 heterocycles. The van der Waals surface area contributed by atoms with Crippen LogP contribution in [0.15, 0.2) is 12.1 Å². The van der Waals surface area contributed by atoms with Crippen molar-refractivity contribution in [3.8, 4) is 0 Å². The van der Waals surface area contributed by atoms with Crippen molar-refractivity contribution in [1.82, 2.24) is 0 Å². The molecule has 0 atom stereocenters. The third-order valence-electron chi connectivity index (χ3n) is 7.21. The van der Waals surface area contributed by atoms with Gasteiger partial charge in [-0.05, 0) is 50.7 Å². The molecule has 3 radical (unpaired) electrons. The van der Waals surface area contributed by atoms with Gasteiger partial charge in [0.05, 0.1) is 22.7 Å². The van der Waals surface area contributed by atoms with Crippen molar-refractivity contribution in [2.75, 3.05) is 20.9 Å². The highest BCUT2D eigenvalue weighted by molar-refractivity contribution is 6.18. The molecule has 29 heavy (non-hydrogen) atoms. The van der Waals surface area contributed by atoms with Crippen molar-refractivity contribution in [3.63, 3.8) is 0 Å². The van der Waals surface area contributed by atoms with Gasteiger partial charge in [-0.25, -0.2) is 0 Å². The third kappa shape index (κ3) is 5.62. The lowest BCUT2D eigenvalue weighted by atomic mass is 9.93. The fraction of sp³-hybridized carbons (Fsp3) is 0.750. The molecule has 0 bridgehead atoms. The van der Waals surface area contributed by atoms with Crippen LogP contribution in [0, 0.1) is 0 Å². The lowest BCUT2D eigenvalue weighted by Crippen LogP contribution is -2.28. The molecule has 0 amide bonds. The van der Waals surface area contributed by atoms with Crippen molar-refractivity contribution >= 4 is 33.2 Å². The maximum absolute atomic E-state index is 3.99. The molecule has 3 aliphatic carbocycles. The Labute approximate surface area is 180 Å². The summed E-state index contributed by atoms with van der Waals surface area (Å²) in [7, 11) is 3.57. The van der Waals surface area contributed by atoms with Crippen LogP contribution in [0.4, 0.5) is 22.7 Å². The first kappa shape index (κ1) is 20.9. The fourth-order valence-corrected chi connectivity index (χ4v) is 5.70. The normalized spacial score (nSPS) is 22.2. The summed E-state index contributed by atoms with van der Waals surface area (Å²) in [6, 6.07) is 6.27. The van der Waals surface area contributed by atoms with Crippen LogP contribution in [0.1, 0.15) is 96.3 Å². The van der Waals surface area contributed by atoms with E-state index in [9.17, 15) is 0 Å². The van der Waals surface area contributed by atoms with Crippen molar-refractivity contribution in [3.05, 3.63) is 12.1 Å². The summed E-state index contributed by atoms with van der Waals surface area (Å²) in [5, 5.41) is 11.8. The van der Waals surface area contributed by atoms with E-state index in [1.807, 2.05) is 0 Å². The molecule has 3 saturated carbocycles. The highest BCUT2D eigenvalue weighted by Gasteiger charge is 2.23.